The molecule has 0 saturated carbocycles. The molecule has 0 fully saturated rings. The van der Waals surface area contributed by atoms with Crippen molar-refractivity contribution in [3.63, 3.8) is 0 Å². The summed E-state index contributed by atoms with van der Waals surface area (Å²) in [6, 6.07) is 7.36. The summed E-state index contributed by atoms with van der Waals surface area (Å²) >= 11 is 0. The van der Waals surface area contributed by atoms with E-state index in [1.165, 1.54) is 0 Å². The predicted octanol–water partition coefficient (Wildman–Crippen LogP) is 2.15. The minimum atomic E-state index is -0.225. The maximum atomic E-state index is 12.9. The van der Waals surface area contributed by atoms with Crippen LogP contribution >= 0.6 is 0 Å². The highest BCUT2D eigenvalue weighted by Crippen LogP contribution is 2.23. The van der Waals surface area contributed by atoms with Crippen LogP contribution in [0.2, 0.25) is 0 Å². The van der Waals surface area contributed by atoms with Crippen molar-refractivity contribution in [3.8, 4) is 5.75 Å². The van der Waals surface area contributed by atoms with Crippen LogP contribution in [-0.2, 0) is 33.7 Å². The molecule has 1 aliphatic heterocycles. The van der Waals surface area contributed by atoms with Gasteiger partial charge in [-0.15, -0.1) is 10.2 Å². The van der Waals surface area contributed by atoms with E-state index >= 15 is 0 Å². The fourth-order valence-corrected chi connectivity index (χ4v) is 4.04. The summed E-state index contributed by atoms with van der Waals surface area (Å²) in [5.74, 6) is 2.78. The molecule has 0 saturated heterocycles. The lowest BCUT2D eigenvalue weighted by atomic mass is 10.0. The van der Waals surface area contributed by atoms with E-state index in [4.69, 9.17) is 9.47 Å². The fourth-order valence-electron chi connectivity index (χ4n) is 4.04. The lowest BCUT2D eigenvalue weighted by Crippen LogP contribution is -2.35. The van der Waals surface area contributed by atoms with Gasteiger partial charge in [-0.2, -0.15) is 0 Å². The first kappa shape index (κ1) is 24.7. The van der Waals surface area contributed by atoms with Crippen LogP contribution in [0.3, 0.4) is 0 Å². The van der Waals surface area contributed by atoms with Gasteiger partial charge < -0.3 is 24.3 Å². The zero-order valence-electron chi connectivity index (χ0n) is 20.0. The Morgan fingerprint density at radius 3 is 2.52 bits per heavy atom. The number of ether oxygens (including phenoxy) is 2. The summed E-state index contributed by atoms with van der Waals surface area (Å²) in [4.78, 5) is 27.2. The smallest absolute Gasteiger partial charge is 0.227 e. The third kappa shape index (κ3) is 6.77. The number of hydrogen-bond donors (Lipinski definition) is 1. The zero-order valence-corrected chi connectivity index (χ0v) is 20.0. The van der Waals surface area contributed by atoms with E-state index in [0.29, 0.717) is 51.4 Å². The number of nitrogens with zero attached hydrogens (tertiary/aromatic N) is 4. The van der Waals surface area contributed by atoms with E-state index in [1.807, 2.05) is 29.2 Å². The predicted molar refractivity (Wildman–Crippen MR) is 124 cm³/mol. The SMILES string of the molecule is COCCC(=O)N[C@@H](CC(C)C)c1nnc2n1CCN(C(=O)Cc1ccc(OC)cc1)CC2. The number of carbonyl (C=O) groups is 2. The average molecular weight is 458 g/mol. The lowest BCUT2D eigenvalue weighted by molar-refractivity contribution is -0.130. The van der Waals surface area contributed by atoms with E-state index in [1.54, 1.807) is 14.2 Å². The van der Waals surface area contributed by atoms with Crippen LogP contribution in [0.4, 0.5) is 0 Å². The highest BCUT2D eigenvalue weighted by molar-refractivity contribution is 5.79. The third-order valence-corrected chi connectivity index (χ3v) is 5.81. The van der Waals surface area contributed by atoms with Crippen LogP contribution in [0.15, 0.2) is 24.3 Å². The molecule has 0 unspecified atom stereocenters. The first-order chi connectivity index (χ1) is 15.9. The first-order valence-corrected chi connectivity index (χ1v) is 11.5. The molecular formula is C24H35N5O4. The molecule has 1 atom stereocenters. The molecule has 1 aromatic heterocycles. The molecule has 180 valence electrons. The summed E-state index contributed by atoms with van der Waals surface area (Å²) in [7, 11) is 3.21. The van der Waals surface area contributed by atoms with Crippen LogP contribution < -0.4 is 10.1 Å². The Kier molecular flexibility index (Phi) is 8.82. The molecule has 1 aromatic carbocycles. The van der Waals surface area contributed by atoms with Crippen molar-refractivity contribution in [2.24, 2.45) is 5.92 Å². The minimum absolute atomic E-state index is 0.0650. The molecule has 33 heavy (non-hydrogen) atoms. The highest BCUT2D eigenvalue weighted by Gasteiger charge is 2.27. The number of fused-ring (bicyclic) bond motifs is 1. The van der Waals surface area contributed by atoms with Crippen LogP contribution in [-0.4, -0.2) is 65.4 Å². The van der Waals surface area contributed by atoms with Gasteiger partial charge >= 0.3 is 0 Å². The molecular weight excluding hydrogens is 422 g/mol. The van der Waals surface area contributed by atoms with Gasteiger partial charge in [0.15, 0.2) is 5.82 Å². The Hall–Kier alpha value is -2.94. The summed E-state index contributed by atoms with van der Waals surface area (Å²) in [5, 5.41) is 11.9. The Morgan fingerprint density at radius 2 is 1.85 bits per heavy atom. The van der Waals surface area contributed by atoms with Crippen molar-refractivity contribution in [2.45, 2.75) is 52.1 Å². The average Bonchev–Trinajstić information content (AvgIpc) is 3.08. The molecule has 2 amide bonds. The summed E-state index contributed by atoms with van der Waals surface area (Å²) < 4.78 is 12.3. The van der Waals surface area contributed by atoms with Crippen LogP contribution in [0.25, 0.3) is 0 Å². The van der Waals surface area contributed by atoms with Gasteiger partial charge in [0.2, 0.25) is 11.8 Å². The topological polar surface area (TPSA) is 98.6 Å². The monoisotopic (exact) mass is 457 g/mol. The summed E-state index contributed by atoms with van der Waals surface area (Å²) in [5.41, 5.74) is 0.959. The van der Waals surface area contributed by atoms with Gasteiger partial charge in [0.25, 0.3) is 0 Å². The molecule has 9 nitrogen and oxygen atoms in total. The molecule has 1 N–H and O–H groups in total. The molecule has 0 aliphatic carbocycles. The fraction of sp³-hybridized carbons (Fsp3) is 0.583. The summed E-state index contributed by atoms with van der Waals surface area (Å²) in [6.45, 7) is 6.40. The van der Waals surface area contributed by atoms with Crippen LogP contribution in [0, 0.1) is 5.92 Å². The van der Waals surface area contributed by atoms with E-state index in [-0.39, 0.29) is 17.9 Å². The largest absolute Gasteiger partial charge is 0.497 e. The molecule has 3 rings (SSSR count). The Balaban J connectivity index is 1.67. The third-order valence-electron chi connectivity index (χ3n) is 5.81. The van der Waals surface area contributed by atoms with E-state index in [9.17, 15) is 9.59 Å². The molecule has 2 aromatic rings. The number of nitrogens with one attached hydrogen (secondary N) is 1. The van der Waals surface area contributed by atoms with E-state index in [2.05, 4.69) is 33.9 Å². The normalized spacial score (nSPS) is 14.5. The second kappa shape index (κ2) is 11.8. The van der Waals surface area contributed by atoms with Crippen molar-refractivity contribution < 1.29 is 19.1 Å². The molecule has 0 spiro atoms. The van der Waals surface area contributed by atoms with Crippen LogP contribution in [0.5, 0.6) is 5.75 Å². The Bertz CT molecular complexity index is 925. The first-order valence-electron chi connectivity index (χ1n) is 11.5. The number of amides is 2. The number of methoxy groups -OCH3 is 2. The quantitative estimate of drug-likeness (QED) is 0.587. The van der Waals surface area contributed by atoms with E-state index in [0.717, 1.165) is 29.4 Å². The number of hydrogen-bond acceptors (Lipinski definition) is 6. The second-order valence-electron chi connectivity index (χ2n) is 8.77. The number of aromatic nitrogens is 3. The number of rotatable bonds is 10. The standard InChI is InChI=1S/C24H35N5O4/c1-17(2)15-20(25-22(30)10-14-32-3)24-27-26-21-9-11-28(12-13-29(21)24)23(31)16-18-5-7-19(33-4)8-6-18/h5-8,17,20H,9-16H2,1-4H3,(H,25,30)/t20-/m0/s1. The molecule has 0 radical (unpaired) electrons. The molecule has 0 bridgehead atoms. The minimum Gasteiger partial charge on any atom is -0.497 e. The van der Waals surface area contributed by atoms with Gasteiger partial charge in [-0.25, -0.2) is 0 Å². The second-order valence-corrected chi connectivity index (χ2v) is 8.77. The Morgan fingerprint density at radius 1 is 1.09 bits per heavy atom. The zero-order chi connectivity index (χ0) is 23.8. The van der Waals surface area contributed by atoms with Crippen molar-refractivity contribution in [2.75, 3.05) is 33.9 Å². The highest BCUT2D eigenvalue weighted by atomic mass is 16.5. The number of benzene rings is 1. The van der Waals surface area contributed by atoms with Crippen molar-refractivity contribution in [3.05, 3.63) is 41.5 Å². The van der Waals surface area contributed by atoms with Crippen LogP contribution in [0.1, 0.15) is 49.9 Å². The van der Waals surface area contributed by atoms with Gasteiger partial charge in [0.05, 0.1) is 26.2 Å². The molecule has 1 aliphatic rings. The van der Waals surface area contributed by atoms with Gasteiger partial charge in [-0.05, 0) is 30.0 Å². The van der Waals surface area contributed by atoms with Gasteiger partial charge in [0.1, 0.15) is 11.6 Å². The summed E-state index contributed by atoms with van der Waals surface area (Å²) in [6.07, 6.45) is 2.05. The van der Waals surface area contributed by atoms with E-state index < -0.39 is 0 Å². The molecule has 2 heterocycles. The van der Waals surface area contributed by atoms with Crippen molar-refractivity contribution >= 4 is 11.8 Å². The van der Waals surface area contributed by atoms with Crippen molar-refractivity contribution in [1.29, 1.82) is 0 Å². The maximum Gasteiger partial charge on any atom is 0.227 e. The van der Waals surface area contributed by atoms with Crippen molar-refractivity contribution in [1.82, 2.24) is 25.0 Å². The Labute approximate surface area is 195 Å². The number of carbonyl (C=O) groups excluding carboxylic acids is 2. The van der Waals surface area contributed by atoms with Gasteiger partial charge in [-0.1, -0.05) is 26.0 Å². The van der Waals surface area contributed by atoms with Gasteiger partial charge in [0, 0.05) is 39.6 Å². The molecule has 9 heteroatoms. The van der Waals surface area contributed by atoms with Gasteiger partial charge in [-0.3, -0.25) is 9.59 Å². The maximum absolute atomic E-state index is 12.9. The lowest BCUT2D eigenvalue weighted by Gasteiger charge is -2.22.